The first-order valence-electron chi connectivity index (χ1n) is 3.02. The molecule has 1 aromatic heterocycles. The molecule has 0 amide bonds. The third-order valence-corrected chi connectivity index (χ3v) is 1.33. The van der Waals surface area contributed by atoms with Crippen LogP contribution in [-0.4, -0.2) is 4.98 Å². The third kappa shape index (κ3) is 1.69. The Labute approximate surface area is 61.9 Å². The van der Waals surface area contributed by atoms with Gasteiger partial charge in [-0.15, -0.1) is 0 Å². The second-order valence-corrected chi connectivity index (χ2v) is 2.11. The molecule has 0 atom stereocenters. The maximum Gasteiger partial charge on any atom is 0.265 e. The largest absolute Gasteiger partial charge is 0.265 e. The van der Waals surface area contributed by atoms with E-state index in [2.05, 4.69) is 4.98 Å². The van der Waals surface area contributed by atoms with Gasteiger partial charge in [-0.1, -0.05) is 0 Å². The van der Waals surface area contributed by atoms with Crippen molar-refractivity contribution in [1.29, 1.82) is 0 Å². The molecule has 0 aromatic carbocycles. The minimum atomic E-state index is -2.58. The number of alkyl halides is 2. The molecule has 0 unspecified atom stereocenters. The van der Waals surface area contributed by atoms with E-state index in [1.165, 1.54) is 6.92 Å². The fraction of sp³-hybridized carbons (Fsp3) is 0.286. The number of aryl methyl sites for hydroxylation is 1. The number of pyridine rings is 1. The molecule has 11 heavy (non-hydrogen) atoms. The maximum atomic E-state index is 12.3. The molecule has 4 heteroatoms. The van der Waals surface area contributed by atoms with Crippen molar-refractivity contribution in [2.45, 2.75) is 13.3 Å². The number of aromatic nitrogens is 1. The van der Waals surface area contributed by atoms with Crippen LogP contribution in [0.5, 0.6) is 0 Å². The fourth-order valence-electron chi connectivity index (χ4n) is 0.772. The molecule has 0 aliphatic carbocycles. The van der Waals surface area contributed by atoms with Gasteiger partial charge in [0.1, 0.15) is 0 Å². The van der Waals surface area contributed by atoms with Crippen LogP contribution in [0.2, 0.25) is 0 Å². The monoisotopic (exact) mass is 161 g/mol. The van der Waals surface area contributed by atoms with Crippen LogP contribution >= 0.6 is 0 Å². The van der Waals surface area contributed by atoms with Crippen LogP contribution < -0.4 is 0 Å². The van der Waals surface area contributed by atoms with E-state index < -0.39 is 12.4 Å². The van der Waals surface area contributed by atoms with E-state index in [0.717, 1.165) is 12.1 Å². The Bertz CT molecular complexity index is 260. The maximum absolute atomic E-state index is 12.3. The van der Waals surface area contributed by atoms with Crippen LogP contribution in [0.1, 0.15) is 17.7 Å². The van der Waals surface area contributed by atoms with Gasteiger partial charge >= 0.3 is 0 Å². The second-order valence-electron chi connectivity index (χ2n) is 2.11. The molecule has 60 valence electrons. The van der Waals surface area contributed by atoms with Crippen molar-refractivity contribution in [3.05, 3.63) is 29.3 Å². The van der Waals surface area contributed by atoms with Crippen molar-refractivity contribution >= 4 is 0 Å². The van der Waals surface area contributed by atoms with Crippen LogP contribution in [0, 0.1) is 12.9 Å². The number of nitrogens with zero attached hydrogens (tertiary/aromatic N) is 1. The average Bonchev–Trinajstić information content (AvgIpc) is 1.85. The quantitative estimate of drug-likeness (QED) is 0.576. The van der Waals surface area contributed by atoms with E-state index in [-0.39, 0.29) is 11.3 Å². The van der Waals surface area contributed by atoms with Gasteiger partial charge in [-0.05, 0) is 19.1 Å². The lowest BCUT2D eigenvalue weighted by atomic mass is 10.2. The Balaban J connectivity index is 3.09. The number of hydrogen-bond donors (Lipinski definition) is 0. The van der Waals surface area contributed by atoms with E-state index in [4.69, 9.17) is 0 Å². The zero-order valence-electron chi connectivity index (χ0n) is 5.81. The van der Waals surface area contributed by atoms with E-state index >= 15 is 0 Å². The van der Waals surface area contributed by atoms with Crippen molar-refractivity contribution in [2.75, 3.05) is 0 Å². The van der Waals surface area contributed by atoms with Crippen molar-refractivity contribution in [1.82, 2.24) is 4.98 Å². The Hall–Kier alpha value is -1.06. The van der Waals surface area contributed by atoms with Gasteiger partial charge in [0.25, 0.3) is 6.43 Å². The minimum absolute atomic E-state index is 0.0417. The lowest BCUT2D eigenvalue weighted by Crippen LogP contribution is -1.94. The Kier molecular flexibility index (Phi) is 2.12. The van der Waals surface area contributed by atoms with Gasteiger partial charge in [-0.25, -0.2) is 13.8 Å². The first-order chi connectivity index (χ1) is 5.11. The van der Waals surface area contributed by atoms with Crippen molar-refractivity contribution in [3.63, 3.8) is 0 Å². The Morgan fingerprint density at radius 1 is 1.36 bits per heavy atom. The Morgan fingerprint density at radius 2 is 2.00 bits per heavy atom. The molecule has 0 radical (unpaired) electrons. The van der Waals surface area contributed by atoms with Crippen molar-refractivity contribution < 1.29 is 13.2 Å². The van der Waals surface area contributed by atoms with E-state index in [1.54, 1.807) is 0 Å². The normalized spacial score (nSPS) is 10.6. The van der Waals surface area contributed by atoms with Gasteiger partial charge in [-0.3, -0.25) is 0 Å². The van der Waals surface area contributed by atoms with E-state index in [0.29, 0.717) is 0 Å². The second kappa shape index (κ2) is 2.90. The molecular weight excluding hydrogens is 155 g/mol. The molecule has 0 bridgehead atoms. The molecule has 0 saturated heterocycles. The smallest absolute Gasteiger partial charge is 0.225 e. The zero-order chi connectivity index (χ0) is 8.43. The van der Waals surface area contributed by atoms with Gasteiger partial charge in [0.15, 0.2) is 0 Å². The fourth-order valence-corrected chi connectivity index (χ4v) is 0.772. The zero-order valence-corrected chi connectivity index (χ0v) is 5.81. The molecule has 0 aliphatic rings. The minimum Gasteiger partial charge on any atom is -0.225 e. The number of hydrogen-bond acceptors (Lipinski definition) is 1. The number of halogens is 3. The lowest BCUT2D eigenvalue weighted by molar-refractivity contribution is 0.150. The molecule has 1 heterocycles. The molecule has 1 rings (SSSR count). The number of rotatable bonds is 1. The third-order valence-electron chi connectivity index (χ3n) is 1.33. The molecule has 0 spiro atoms. The lowest BCUT2D eigenvalue weighted by Gasteiger charge is -2.01. The first-order valence-corrected chi connectivity index (χ1v) is 3.02. The van der Waals surface area contributed by atoms with Crippen LogP contribution in [0.3, 0.4) is 0 Å². The SMILES string of the molecule is Cc1nc(F)ccc1C(F)F. The first kappa shape index (κ1) is 8.04. The summed E-state index contributed by atoms with van der Waals surface area (Å²) < 4.78 is 36.2. The van der Waals surface area contributed by atoms with E-state index in [9.17, 15) is 13.2 Å². The van der Waals surface area contributed by atoms with Crippen LogP contribution in [0.25, 0.3) is 0 Å². The summed E-state index contributed by atoms with van der Waals surface area (Å²) >= 11 is 0. The molecule has 0 saturated carbocycles. The standard InChI is InChI=1S/C7H6F3N/c1-4-5(7(9)10)2-3-6(8)11-4/h2-3,7H,1H3. The molecule has 0 aliphatic heterocycles. The van der Waals surface area contributed by atoms with Crippen LogP contribution in [-0.2, 0) is 0 Å². The highest BCUT2D eigenvalue weighted by Crippen LogP contribution is 2.20. The van der Waals surface area contributed by atoms with Gasteiger partial charge < -0.3 is 0 Å². The summed E-state index contributed by atoms with van der Waals surface area (Å²) in [6.45, 7) is 1.35. The van der Waals surface area contributed by atoms with Crippen molar-refractivity contribution in [3.8, 4) is 0 Å². The molecular formula is C7H6F3N. The predicted octanol–water partition coefficient (Wildman–Crippen LogP) is 2.47. The molecule has 1 nitrogen and oxygen atoms in total. The molecule has 0 fully saturated rings. The van der Waals surface area contributed by atoms with E-state index in [1.807, 2.05) is 0 Å². The summed E-state index contributed by atoms with van der Waals surface area (Å²) in [4.78, 5) is 3.25. The van der Waals surface area contributed by atoms with Crippen LogP contribution in [0.15, 0.2) is 12.1 Å². The highest BCUT2D eigenvalue weighted by atomic mass is 19.3. The van der Waals surface area contributed by atoms with Crippen molar-refractivity contribution in [2.24, 2.45) is 0 Å². The van der Waals surface area contributed by atoms with Gasteiger partial charge in [0.2, 0.25) is 5.95 Å². The predicted molar refractivity (Wildman–Crippen MR) is 33.9 cm³/mol. The van der Waals surface area contributed by atoms with Gasteiger partial charge in [-0.2, -0.15) is 4.39 Å². The van der Waals surface area contributed by atoms with Gasteiger partial charge in [0.05, 0.1) is 0 Å². The summed E-state index contributed by atoms with van der Waals surface area (Å²) in [7, 11) is 0. The topological polar surface area (TPSA) is 12.9 Å². The summed E-state index contributed by atoms with van der Waals surface area (Å²) in [5.74, 6) is -0.730. The summed E-state index contributed by atoms with van der Waals surface area (Å²) in [5.41, 5.74) is -0.175. The summed E-state index contributed by atoms with van der Waals surface area (Å²) in [6, 6.07) is 1.97. The Morgan fingerprint density at radius 3 is 2.45 bits per heavy atom. The highest BCUT2D eigenvalue weighted by molar-refractivity contribution is 5.19. The van der Waals surface area contributed by atoms with Crippen LogP contribution in [0.4, 0.5) is 13.2 Å². The summed E-state index contributed by atoms with van der Waals surface area (Å²) in [6.07, 6.45) is -2.58. The highest BCUT2D eigenvalue weighted by Gasteiger charge is 2.10. The molecule has 0 N–H and O–H groups in total. The molecule has 1 aromatic rings. The van der Waals surface area contributed by atoms with Gasteiger partial charge in [0, 0.05) is 11.3 Å². The average molecular weight is 161 g/mol. The summed E-state index contributed by atoms with van der Waals surface area (Å²) in [5, 5.41) is 0.